The van der Waals surface area contributed by atoms with Gasteiger partial charge in [0, 0.05) is 6.54 Å². The molecule has 1 aliphatic carbocycles. The summed E-state index contributed by atoms with van der Waals surface area (Å²) < 4.78 is 0. The molecule has 0 spiro atoms. The molecule has 1 aromatic carbocycles. The van der Waals surface area contributed by atoms with E-state index in [1.54, 1.807) is 0 Å². The van der Waals surface area contributed by atoms with Crippen LogP contribution >= 0.6 is 0 Å². The average molecular weight is 288 g/mol. The van der Waals surface area contributed by atoms with Crippen LogP contribution in [-0.4, -0.2) is 18.5 Å². The molecule has 0 bridgehead atoms. The van der Waals surface area contributed by atoms with Crippen molar-refractivity contribution in [1.29, 1.82) is 0 Å². The molecule has 3 heteroatoms. The number of carbonyl (C=O) groups is 1. The zero-order valence-electron chi connectivity index (χ0n) is 12.9. The van der Waals surface area contributed by atoms with Crippen LogP contribution < -0.4 is 11.1 Å². The number of hydrogen-bond acceptors (Lipinski definition) is 2. The number of unbranched alkanes of at least 4 members (excludes halogenated alkanes) is 1. The molecule has 0 aliphatic heterocycles. The second kappa shape index (κ2) is 8.83. The van der Waals surface area contributed by atoms with Crippen LogP contribution in [0, 0.1) is 5.92 Å². The molecule has 3 nitrogen and oxygen atoms in total. The van der Waals surface area contributed by atoms with E-state index in [-0.39, 0.29) is 5.91 Å². The first-order chi connectivity index (χ1) is 10.3. The Morgan fingerprint density at radius 1 is 1.19 bits per heavy atom. The fraction of sp³-hybridized carbons (Fsp3) is 0.611. The fourth-order valence-electron chi connectivity index (χ4n) is 3.16. The molecule has 1 saturated carbocycles. The lowest BCUT2D eigenvalue weighted by Crippen LogP contribution is -2.42. The number of nitrogens with one attached hydrogen (secondary N) is 1. The molecule has 1 aromatic rings. The Hall–Kier alpha value is -1.35. The minimum absolute atomic E-state index is 0.0280. The van der Waals surface area contributed by atoms with Gasteiger partial charge in [-0.2, -0.15) is 0 Å². The van der Waals surface area contributed by atoms with E-state index in [9.17, 15) is 4.79 Å². The Bertz CT molecular complexity index is 412. The van der Waals surface area contributed by atoms with Crippen LogP contribution in [-0.2, 0) is 11.2 Å². The number of carbonyl (C=O) groups excluding carboxylic acids is 1. The lowest BCUT2D eigenvalue weighted by Gasteiger charge is -2.13. The van der Waals surface area contributed by atoms with Crippen LogP contribution in [0.4, 0.5) is 0 Å². The maximum Gasteiger partial charge on any atom is 0.237 e. The quantitative estimate of drug-likeness (QED) is 0.722. The maximum atomic E-state index is 11.9. The molecule has 2 rings (SSSR count). The standard InChI is InChI=1S/C18H28N2O/c19-17(14-16-11-2-1-3-12-16)18(21)20-13-7-6-10-15-8-4-5-9-15/h1-3,11-12,15,17H,4-10,13-14,19H2,(H,20,21)/t17-/m0/s1. The summed E-state index contributed by atoms with van der Waals surface area (Å²) in [6.07, 6.45) is 9.87. The highest BCUT2D eigenvalue weighted by atomic mass is 16.2. The first-order valence-corrected chi connectivity index (χ1v) is 8.33. The summed E-state index contributed by atoms with van der Waals surface area (Å²) in [6.45, 7) is 0.758. The van der Waals surface area contributed by atoms with Gasteiger partial charge >= 0.3 is 0 Å². The number of nitrogens with two attached hydrogens (primary N) is 1. The molecule has 1 atom stereocenters. The van der Waals surface area contributed by atoms with Crippen molar-refractivity contribution in [3.8, 4) is 0 Å². The van der Waals surface area contributed by atoms with E-state index in [2.05, 4.69) is 5.32 Å². The molecule has 116 valence electrons. The molecule has 0 aromatic heterocycles. The second-order valence-electron chi connectivity index (χ2n) is 6.23. The predicted molar refractivity (Wildman–Crippen MR) is 86.9 cm³/mol. The lowest BCUT2D eigenvalue weighted by atomic mass is 10.0. The summed E-state index contributed by atoms with van der Waals surface area (Å²) in [5, 5.41) is 2.96. The number of hydrogen-bond donors (Lipinski definition) is 2. The third kappa shape index (κ3) is 5.88. The number of rotatable bonds is 8. The SMILES string of the molecule is N[C@@H](Cc1ccccc1)C(=O)NCCCCC1CCCC1. The molecule has 0 unspecified atom stereocenters. The minimum Gasteiger partial charge on any atom is -0.355 e. The molecular weight excluding hydrogens is 260 g/mol. The van der Waals surface area contributed by atoms with Crippen molar-refractivity contribution in [2.45, 2.75) is 57.4 Å². The van der Waals surface area contributed by atoms with Crippen LogP contribution in [0.2, 0.25) is 0 Å². The van der Waals surface area contributed by atoms with Crippen molar-refractivity contribution in [2.75, 3.05) is 6.54 Å². The minimum atomic E-state index is -0.442. The van der Waals surface area contributed by atoms with Gasteiger partial charge in [-0.05, 0) is 24.3 Å². The van der Waals surface area contributed by atoms with Gasteiger partial charge in [0.1, 0.15) is 0 Å². The Kier molecular flexibility index (Phi) is 6.74. The first-order valence-electron chi connectivity index (χ1n) is 8.33. The van der Waals surface area contributed by atoms with Crippen molar-refractivity contribution >= 4 is 5.91 Å². The van der Waals surface area contributed by atoms with Crippen molar-refractivity contribution in [3.63, 3.8) is 0 Å². The predicted octanol–water partition coefficient (Wildman–Crippen LogP) is 3.03. The lowest BCUT2D eigenvalue weighted by molar-refractivity contribution is -0.122. The summed E-state index contributed by atoms with van der Waals surface area (Å²) in [4.78, 5) is 11.9. The highest BCUT2D eigenvalue weighted by Gasteiger charge is 2.15. The third-order valence-electron chi connectivity index (χ3n) is 4.45. The van der Waals surface area contributed by atoms with Crippen LogP contribution in [0.3, 0.4) is 0 Å². The van der Waals surface area contributed by atoms with Gasteiger partial charge < -0.3 is 11.1 Å². The molecule has 1 fully saturated rings. The first kappa shape index (κ1) is 16.0. The largest absolute Gasteiger partial charge is 0.355 e. The van der Waals surface area contributed by atoms with E-state index in [1.165, 1.54) is 38.5 Å². The van der Waals surface area contributed by atoms with Crippen molar-refractivity contribution in [1.82, 2.24) is 5.32 Å². The number of benzene rings is 1. The van der Waals surface area contributed by atoms with Crippen molar-refractivity contribution in [2.24, 2.45) is 11.7 Å². The van der Waals surface area contributed by atoms with Gasteiger partial charge in [-0.25, -0.2) is 0 Å². The topological polar surface area (TPSA) is 55.1 Å². The maximum absolute atomic E-state index is 11.9. The Balaban J connectivity index is 1.56. The van der Waals surface area contributed by atoms with Gasteiger partial charge in [-0.1, -0.05) is 68.9 Å². The monoisotopic (exact) mass is 288 g/mol. The summed E-state index contributed by atoms with van der Waals surface area (Å²) >= 11 is 0. The van der Waals surface area contributed by atoms with Gasteiger partial charge in [0.25, 0.3) is 0 Å². The van der Waals surface area contributed by atoms with Gasteiger partial charge in [0.2, 0.25) is 5.91 Å². The smallest absolute Gasteiger partial charge is 0.237 e. The molecule has 0 saturated heterocycles. The Morgan fingerprint density at radius 2 is 1.90 bits per heavy atom. The summed E-state index contributed by atoms with van der Waals surface area (Å²) in [7, 11) is 0. The van der Waals surface area contributed by atoms with E-state index in [1.807, 2.05) is 30.3 Å². The van der Waals surface area contributed by atoms with Gasteiger partial charge in [-0.3, -0.25) is 4.79 Å². The summed E-state index contributed by atoms with van der Waals surface area (Å²) in [5.74, 6) is 0.917. The normalized spacial score (nSPS) is 16.8. The molecule has 1 aliphatic rings. The van der Waals surface area contributed by atoms with E-state index in [0.717, 1.165) is 24.4 Å². The second-order valence-corrected chi connectivity index (χ2v) is 6.23. The average Bonchev–Trinajstić information content (AvgIpc) is 3.01. The van der Waals surface area contributed by atoms with E-state index in [0.29, 0.717) is 6.42 Å². The molecule has 0 radical (unpaired) electrons. The zero-order valence-corrected chi connectivity index (χ0v) is 12.9. The van der Waals surface area contributed by atoms with Crippen molar-refractivity contribution < 1.29 is 4.79 Å². The Labute approximate surface area is 128 Å². The summed E-state index contributed by atoms with van der Waals surface area (Å²) in [5.41, 5.74) is 7.06. The Morgan fingerprint density at radius 3 is 2.62 bits per heavy atom. The van der Waals surface area contributed by atoms with E-state index < -0.39 is 6.04 Å². The fourth-order valence-corrected chi connectivity index (χ4v) is 3.16. The van der Waals surface area contributed by atoms with Crippen LogP contribution in [0.1, 0.15) is 50.5 Å². The van der Waals surface area contributed by atoms with Gasteiger partial charge in [0.05, 0.1) is 6.04 Å². The van der Waals surface area contributed by atoms with Crippen LogP contribution in [0.25, 0.3) is 0 Å². The number of amides is 1. The third-order valence-corrected chi connectivity index (χ3v) is 4.45. The van der Waals surface area contributed by atoms with E-state index >= 15 is 0 Å². The van der Waals surface area contributed by atoms with E-state index in [4.69, 9.17) is 5.73 Å². The molecule has 3 N–H and O–H groups in total. The van der Waals surface area contributed by atoms with Crippen LogP contribution in [0.15, 0.2) is 30.3 Å². The zero-order chi connectivity index (χ0) is 14.9. The van der Waals surface area contributed by atoms with Gasteiger partial charge in [-0.15, -0.1) is 0 Å². The molecule has 1 amide bonds. The van der Waals surface area contributed by atoms with Gasteiger partial charge in [0.15, 0.2) is 0 Å². The molecule has 0 heterocycles. The highest BCUT2D eigenvalue weighted by molar-refractivity contribution is 5.81. The van der Waals surface area contributed by atoms with Crippen LogP contribution in [0.5, 0.6) is 0 Å². The summed E-state index contributed by atoms with van der Waals surface area (Å²) in [6, 6.07) is 9.50. The molecule has 21 heavy (non-hydrogen) atoms. The molecular formula is C18H28N2O. The van der Waals surface area contributed by atoms with Crippen molar-refractivity contribution in [3.05, 3.63) is 35.9 Å². The highest BCUT2D eigenvalue weighted by Crippen LogP contribution is 2.28.